The maximum absolute atomic E-state index is 15.0. The number of nitrogens with zero attached hydrogens (tertiary/aromatic N) is 1. The van der Waals surface area contributed by atoms with Crippen LogP contribution in [0.1, 0.15) is 26.3 Å². The van der Waals surface area contributed by atoms with E-state index >= 15 is 4.39 Å². The van der Waals surface area contributed by atoms with Crippen LogP contribution in [0.15, 0.2) is 59.8 Å². The Morgan fingerprint density at radius 1 is 1.22 bits per heavy atom. The minimum absolute atomic E-state index is 0.271. The average molecular weight is 475 g/mol. The number of carbonyl (C=O) groups is 1. The number of anilines is 1. The van der Waals surface area contributed by atoms with Crippen molar-refractivity contribution < 1.29 is 19.0 Å². The van der Waals surface area contributed by atoms with Gasteiger partial charge in [-0.25, -0.2) is 9.18 Å². The van der Waals surface area contributed by atoms with Gasteiger partial charge in [0.2, 0.25) is 0 Å². The first kappa shape index (κ1) is 23.8. The second kappa shape index (κ2) is 9.71. The van der Waals surface area contributed by atoms with Gasteiger partial charge in [0.25, 0.3) is 0 Å². The fourth-order valence-corrected chi connectivity index (χ4v) is 4.58. The van der Waals surface area contributed by atoms with Gasteiger partial charge in [-0.15, -0.1) is 0 Å². The zero-order valence-corrected chi connectivity index (χ0v) is 19.7. The first-order valence-electron chi connectivity index (χ1n) is 9.83. The quantitative estimate of drug-likeness (QED) is 0.379. The summed E-state index contributed by atoms with van der Waals surface area (Å²) in [5.41, 5.74) is 1.25. The number of aryl methyl sites for hydroxylation is 1. The summed E-state index contributed by atoms with van der Waals surface area (Å²) in [5.74, 6) is -1.15. The molecule has 0 radical (unpaired) electrons. The molecule has 0 fully saturated rings. The molecule has 1 heterocycles. The van der Waals surface area contributed by atoms with E-state index in [2.05, 4.69) is 9.71 Å². The van der Waals surface area contributed by atoms with Gasteiger partial charge in [0.05, 0.1) is 5.69 Å². The molecule has 3 aromatic rings. The first-order valence-corrected chi connectivity index (χ1v) is 11.5. The third kappa shape index (κ3) is 5.47. The Morgan fingerprint density at radius 2 is 1.91 bits per heavy atom. The summed E-state index contributed by atoms with van der Waals surface area (Å²) in [6.45, 7) is 6.81. The van der Waals surface area contributed by atoms with E-state index in [1.807, 2.05) is 25.3 Å². The molecule has 0 bridgehead atoms. The van der Waals surface area contributed by atoms with E-state index in [1.54, 1.807) is 42.7 Å². The summed E-state index contributed by atoms with van der Waals surface area (Å²) < 4.78 is 23.9. The Hall–Kier alpha value is -2.90. The van der Waals surface area contributed by atoms with Crippen molar-refractivity contribution in [3.05, 3.63) is 71.3 Å². The molecule has 0 saturated carbocycles. The molecule has 0 amide bonds. The normalized spacial score (nSPS) is 12.4. The summed E-state index contributed by atoms with van der Waals surface area (Å²) in [6, 6.07) is 11.8. The highest BCUT2D eigenvalue weighted by molar-refractivity contribution is 8.16. The van der Waals surface area contributed by atoms with Crippen molar-refractivity contribution in [1.82, 2.24) is 4.98 Å². The van der Waals surface area contributed by atoms with Gasteiger partial charge in [-0.2, -0.15) is 0 Å². The van der Waals surface area contributed by atoms with Gasteiger partial charge < -0.3 is 14.6 Å². The van der Waals surface area contributed by atoms with Gasteiger partial charge in [-0.1, -0.05) is 34.4 Å². The fourth-order valence-electron chi connectivity index (χ4n) is 2.96. The molecule has 8 heteroatoms. The fraction of sp³-hybridized carbons (Fsp3) is 0.208. The van der Waals surface area contributed by atoms with Crippen LogP contribution < -0.4 is 9.46 Å². The number of hydrogen-bond acceptors (Lipinski definition) is 4. The molecule has 0 aliphatic heterocycles. The molecule has 1 atom stereocenters. The molecule has 32 heavy (non-hydrogen) atoms. The van der Waals surface area contributed by atoms with Crippen molar-refractivity contribution in [3.63, 3.8) is 0 Å². The number of nitrogens with one attached hydrogen (secondary N) is 1. The molecule has 1 aromatic heterocycles. The highest BCUT2D eigenvalue weighted by Crippen LogP contribution is 2.38. The number of rotatable bonds is 7. The van der Waals surface area contributed by atoms with Crippen molar-refractivity contribution in [3.8, 4) is 16.9 Å². The molecule has 2 aromatic carbocycles. The third-order valence-electron chi connectivity index (χ3n) is 4.66. The standard InChI is InChI=1S/C24H24ClFN2O3S/c1-5-32(19-10-15(2)13-27-14-19)28-22-20(11-17(25)12-21(22)26)16-6-8-18(9-7-16)31-24(3,4)23(29)30/h5-14,28H,1-4H3,(H,29,30). The predicted octanol–water partition coefficient (Wildman–Crippen LogP) is 6.57. The lowest BCUT2D eigenvalue weighted by molar-refractivity contribution is -0.152. The van der Waals surface area contributed by atoms with Crippen LogP contribution in [0.3, 0.4) is 0 Å². The molecule has 3 rings (SSSR count). The van der Waals surface area contributed by atoms with Gasteiger partial charge in [-0.05, 0) is 74.5 Å². The number of aromatic nitrogens is 1. The van der Waals surface area contributed by atoms with Crippen LogP contribution in [-0.4, -0.2) is 27.0 Å². The van der Waals surface area contributed by atoms with Crippen LogP contribution >= 0.6 is 22.3 Å². The molecule has 0 aliphatic rings. The minimum Gasteiger partial charge on any atom is -0.478 e. The van der Waals surface area contributed by atoms with Crippen LogP contribution in [-0.2, 0) is 4.79 Å². The zero-order valence-electron chi connectivity index (χ0n) is 18.1. The van der Waals surface area contributed by atoms with Crippen LogP contribution in [0.5, 0.6) is 5.75 Å². The Bertz CT molecular complexity index is 1180. The lowest BCUT2D eigenvalue weighted by Gasteiger charge is -2.22. The van der Waals surface area contributed by atoms with E-state index in [-0.39, 0.29) is 5.02 Å². The van der Waals surface area contributed by atoms with Gasteiger partial charge in [0.1, 0.15) is 11.6 Å². The van der Waals surface area contributed by atoms with Crippen molar-refractivity contribution in [2.75, 3.05) is 4.72 Å². The van der Waals surface area contributed by atoms with Gasteiger partial charge in [-0.3, -0.25) is 4.98 Å². The Kier molecular flexibility index (Phi) is 7.21. The van der Waals surface area contributed by atoms with Crippen LogP contribution in [0.2, 0.25) is 5.02 Å². The molecular formula is C24H24ClFN2O3S. The van der Waals surface area contributed by atoms with Crippen LogP contribution in [0.25, 0.3) is 11.1 Å². The summed E-state index contributed by atoms with van der Waals surface area (Å²) in [6.07, 6.45) is 3.53. The molecule has 0 saturated heterocycles. The monoisotopic (exact) mass is 474 g/mol. The smallest absolute Gasteiger partial charge is 0.347 e. The zero-order chi connectivity index (χ0) is 23.5. The van der Waals surface area contributed by atoms with E-state index in [9.17, 15) is 9.90 Å². The lowest BCUT2D eigenvalue weighted by Crippen LogP contribution is -2.37. The van der Waals surface area contributed by atoms with Crippen molar-refractivity contribution in [1.29, 1.82) is 0 Å². The average Bonchev–Trinajstić information content (AvgIpc) is 2.73. The Balaban J connectivity index is 1.98. The molecule has 5 nitrogen and oxygen atoms in total. The van der Waals surface area contributed by atoms with E-state index in [0.717, 1.165) is 10.5 Å². The van der Waals surface area contributed by atoms with Gasteiger partial charge >= 0.3 is 5.97 Å². The highest BCUT2D eigenvalue weighted by atomic mass is 35.5. The number of halogens is 2. The maximum atomic E-state index is 15.0. The number of carboxylic acid groups (broad SMARTS) is 1. The second-order valence-electron chi connectivity index (χ2n) is 7.63. The number of ether oxygens (including phenoxy) is 1. The Morgan fingerprint density at radius 3 is 2.50 bits per heavy atom. The molecule has 0 aliphatic carbocycles. The maximum Gasteiger partial charge on any atom is 0.347 e. The molecular weight excluding hydrogens is 451 g/mol. The number of pyridine rings is 1. The number of hydrogen-bond donors (Lipinski definition) is 2. The van der Waals surface area contributed by atoms with Gasteiger partial charge in [0, 0.05) is 27.9 Å². The number of aliphatic carboxylic acids is 1. The van der Waals surface area contributed by atoms with E-state index in [4.69, 9.17) is 16.3 Å². The molecule has 168 valence electrons. The first-order chi connectivity index (χ1) is 15.1. The number of benzene rings is 2. The molecule has 2 N–H and O–H groups in total. The topological polar surface area (TPSA) is 71.5 Å². The molecule has 1 unspecified atom stereocenters. The van der Waals surface area contributed by atoms with E-state index < -0.39 is 28.1 Å². The predicted molar refractivity (Wildman–Crippen MR) is 129 cm³/mol. The lowest BCUT2D eigenvalue weighted by atomic mass is 10.0. The highest BCUT2D eigenvalue weighted by Gasteiger charge is 2.29. The summed E-state index contributed by atoms with van der Waals surface area (Å²) in [4.78, 5) is 16.5. The van der Waals surface area contributed by atoms with E-state index in [0.29, 0.717) is 22.6 Å². The Labute approximate surface area is 194 Å². The van der Waals surface area contributed by atoms with Crippen LogP contribution in [0, 0.1) is 12.7 Å². The van der Waals surface area contributed by atoms with Crippen LogP contribution in [0.4, 0.5) is 10.1 Å². The van der Waals surface area contributed by atoms with E-state index in [1.165, 1.54) is 19.9 Å². The van der Waals surface area contributed by atoms with Crippen molar-refractivity contribution in [2.45, 2.75) is 38.2 Å². The van der Waals surface area contributed by atoms with Crippen molar-refractivity contribution in [2.24, 2.45) is 0 Å². The largest absolute Gasteiger partial charge is 0.478 e. The second-order valence-corrected chi connectivity index (χ2v) is 9.88. The van der Waals surface area contributed by atoms with Gasteiger partial charge in [0.15, 0.2) is 5.60 Å². The SMILES string of the molecule is C/C=S(/Nc1c(F)cc(Cl)cc1-c1ccc(OC(C)(C)C(=O)O)cc1)c1cncc(C)c1. The van der Waals surface area contributed by atoms with Crippen molar-refractivity contribution >= 4 is 39.3 Å². The third-order valence-corrected chi connectivity index (χ3v) is 6.50. The summed E-state index contributed by atoms with van der Waals surface area (Å²) in [5, 5.41) is 11.5. The molecule has 0 spiro atoms. The number of carboxylic acids is 1. The summed E-state index contributed by atoms with van der Waals surface area (Å²) in [7, 11) is -0.591. The summed E-state index contributed by atoms with van der Waals surface area (Å²) >= 11 is 6.16. The minimum atomic E-state index is -1.37.